The number of amides is 1. The highest BCUT2D eigenvalue weighted by Crippen LogP contribution is 2.35. The summed E-state index contributed by atoms with van der Waals surface area (Å²) in [4.78, 5) is 29.2. The molecule has 11 heteroatoms. The quantitative estimate of drug-likeness (QED) is 0.365. The molecule has 8 nitrogen and oxygen atoms in total. The highest BCUT2D eigenvalue weighted by molar-refractivity contribution is 7.90. The minimum Gasteiger partial charge on any atom is -0.461 e. The van der Waals surface area contributed by atoms with Gasteiger partial charge in [0.2, 0.25) is 5.91 Å². The first-order valence-corrected chi connectivity index (χ1v) is 13.9. The largest absolute Gasteiger partial charge is 0.461 e. The van der Waals surface area contributed by atoms with E-state index in [0.29, 0.717) is 29.4 Å². The second-order valence-corrected chi connectivity index (χ2v) is 11.5. The van der Waals surface area contributed by atoms with Gasteiger partial charge < -0.3 is 15.4 Å². The Morgan fingerprint density at radius 2 is 2.00 bits per heavy atom. The van der Waals surface area contributed by atoms with E-state index in [-0.39, 0.29) is 40.9 Å². The number of rotatable bonds is 10. The molecular formula is C22H28ClN3O5S2. The Hall–Kier alpha value is -2.01. The van der Waals surface area contributed by atoms with Gasteiger partial charge in [-0.15, -0.1) is 0 Å². The normalized spacial score (nSPS) is 14.4. The molecule has 1 aromatic carbocycles. The van der Waals surface area contributed by atoms with Gasteiger partial charge in [0.1, 0.15) is 6.10 Å². The highest BCUT2D eigenvalue weighted by Gasteiger charge is 2.19. The molecule has 1 amide bonds. The fraction of sp³-hybridized carbons (Fsp3) is 0.500. The average molecular weight is 514 g/mol. The van der Waals surface area contributed by atoms with E-state index < -0.39 is 9.84 Å². The average Bonchev–Trinajstić information content (AvgIpc) is 3.36. The number of halogens is 1. The van der Waals surface area contributed by atoms with E-state index >= 15 is 0 Å². The number of aromatic nitrogens is 1. The molecule has 33 heavy (non-hydrogen) atoms. The lowest BCUT2D eigenvalue weighted by atomic mass is 10.2. The number of nitrogens with zero attached hydrogens (tertiary/aromatic N) is 1. The van der Waals surface area contributed by atoms with Crippen LogP contribution < -0.4 is 10.6 Å². The van der Waals surface area contributed by atoms with Crippen molar-refractivity contribution in [2.24, 2.45) is 0 Å². The van der Waals surface area contributed by atoms with E-state index in [9.17, 15) is 18.0 Å². The summed E-state index contributed by atoms with van der Waals surface area (Å²) in [5.74, 6) is -0.433. The van der Waals surface area contributed by atoms with Crippen LogP contribution in [0.5, 0.6) is 0 Å². The number of carbonyl (C=O) groups excluding carboxylic acids is 2. The lowest BCUT2D eigenvalue weighted by molar-refractivity contribution is -0.147. The maximum Gasteiger partial charge on any atom is 0.320 e. The molecule has 1 aliphatic rings. The molecule has 0 atom stereocenters. The molecule has 1 fully saturated rings. The number of thiazole rings is 1. The third kappa shape index (κ3) is 7.49. The molecule has 1 aromatic heterocycles. The zero-order valence-corrected chi connectivity index (χ0v) is 21.0. The summed E-state index contributed by atoms with van der Waals surface area (Å²) in [6.07, 6.45) is 6.12. The van der Waals surface area contributed by atoms with Crippen molar-refractivity contribution in [1.82, 2.24) is 10.3 Å². The van der Waals surface area contributed by atoms with Gasteiger partial charge in [0, 0.05) is 12.7 Å². The second-order valence-electron chi connectivity index (χ2n) is 8.08. The van der Waals surface area contributed by atoms with Crippen LogP contribution in [-0.2, 0) is 24.2 Å². The predicted molar refractivity (Wildman–Crippen MR) is 129 cm³/mol. The maximum atomic E-state index is 12.3. The summed E-state index contributed by atoms with van der Waals surface area (Å²) < 4.78 is 29.3. The summed E-state index contributed by atoms with van der Waals surface area (Å²) in [6.45, 7) is 2.46. The lowest BCUT2D eigenvalue weighted by Crippen LogP contribution is -2.28. The molecule has 2 aromatic rings. The van der Waals surface area contributed by atoms with Gasteiger partial charge in [-0.1, -0.05) is 29.0 Å². The Morgan fingerprint density at radius 3 is 2.70 bits per heavy atom. The minimum atomic E-state index is -3.47. The molecule has 1 aliphatic carbocycles. The Balaban J connectivity index is 1.46. The van der Waals surface area contributed by atoms with Gasteiger partial charge in [-0.05, 0) is 63.3 Å². The highest BCUT2D eigenvalue weighted by atomic mass is 35.5. The van der Waals surface area contributed by atoms with Crippen LogP contribution in [-0.4, -0.2) is 50.7 Å². The van der Waals surface area contributed by atoms with Crippen LogP contribution in [0.25, 0.3) is 10.4 Å². The van der Waals surface area contributed by atoms with E-state index in [4.69, 9.17) is 16.3 Å². The maximum absolute atomic E-state index is 12.3. The minimum absolute atomic E-state index is 0.0553. The van der Waals surface area contributed by atoms with Crippen LogP contribution in [0.15, 0.2) is 23.1 Å². The number of esters is 1. The number of anilines is 1. The van der Waals surface area contributed by atoms with E-state index in [1.54, 1.807) is 19.1 Å². The van der Waals surface area contributed by atoms with Crippen molar-refractivity contribution in [2.45, 2.75) is 56.4 Å². The van der Waals surface area contributed by atoms with Crippen molar-refractivity contribution < 1.29 is 22.7 Å². The van der Waals surface area contributed by atoms with Crippen molar-refractivity contribution >= 4 is 49.8 Å². The molecule has 0 spiro atoms. The van der Waals surface area contributed by atoms with Gasteiger partial charge in [-0.3, -0.25) is 9.59 Å². The molecule has 0 radical (unpaired) electrons. The second kappa shape index (κ2) is 11.4. The van der Waals surface area contributed by atoms with Gasteiger partial charge in [0.05, 0.1) is 27.0 Å². The fourth-order valence-corrected chi connectivity index (χ4v) is 5.91. The van der Waals surface area contributed by atoms with Crippen LogP contribution in [0.1, 0.15) is 44.2 Å². The van der Waals surface area contributed by atoms with Gasteiger partial charge >= 0.3 is 5.97 Å². The van der Waals surface area contributed by atoms with Crippen molar-refractivity contribution in [3.8, 4) is 10.4 Å². The Morgan fingerprint density at radius 1 is 1.27 bits per heavy atom. The Labute approximate surface area is 203 Å². The molecule has 2 N–H and O–H groups in total. The van der Waals surface area contributed by atoms with E-state index in [2.05, 4.69) is 15.6 Å². The van der Waals surface area contributed by atoms with Crippen LogP contribution in [0.3, 0.4) is 0 Å². The van der Waals surface area contributed by atoms with Crippen molar-refractivity contribution in [3.05, 3.63) is 28.9 Å². The summed E-state index contributed by atoms with van der Waals surface area (Å²) in [5.41, 5.74) is 1.35. The number of sulfone groups is 1. The topological polar surface area (TPSA) is 114 Å². The summed E-state index contributed by atoms with van der Waals surface area (Å²) in [7, 11) is -3.47. The number of ether oxygens (including phenoxy) is 1. The monoisotopic (exact) mass is 513 g/mol. The molecular weight excluding hydrogens is 486 g/mol. The fourth-order valence-electron chi connectivity index (χ4n) is 3.63. The number of hydrogen-bond donors (Lipinski definition) is 2. The van der Waals surface area contributed by atoms with Crippen molar-refractivity contribution in [2.75, 3.05) is 24.7 Å². The first-order valence-electron chi connectivity index (χ1n) is 10.8. The van der Waals surface area contributed by atoms with Gasteiger partial charge in [-0.2, -0.15) is 0 Å². The molecule has 3 rings (SSSR count). The third-order valence-corrected chi connectivity index (χ3v) is 7.96. The summed E-state index contributed by atoms with van der Waals surface area (Å²) in [5, 5.41) is 6.39. The molecule has 0 bridgehead atoms. The zero-order valence-electron chi connectivity index (χ0n) is 18.6. The Bertz CT molecular complexity index is 1110. The first kappa shape index (κ1) is 25.6. The van der Waals surface area contributed by atoms with E-state index in [0.717, 1.165) is 36.8 Å². The molecule has 1 heterocycles. The van der Waals surface area contributed by atoms with E-state index in [1.807, 2.05) is 0 Å². The SMILES string of the molecule is Cc1nc(NC(=O)CCCNCC(=O)OC2CCCC2)sc1-c1ccc(Cl)c(S(C)(=O)=O)c1. The number of aryl methyl sites for hydroxylation is 1. The molecule has 180 valence electrons. The standard InChI is InChI=1S/C22H28ClN3O5S2/c1-14-21(15-9-10-17(23)18(12-15)33(2,29)30)32-22(25-14)26-19(27)8-5-11-24-13-20(28)31-16-6-3-4-7-16/h9-10,12,16,24H,3-8,11,13H2,1-2H3,(H,25,26,27). The van der Waals surface area contributed by atoms with Gasteiger partial charge in [-0.25, -0.2) is 13.4 Å². The number of benzene rings is 1. The Kier molecular flexibility index (Phi) is 8.86. The predicted octanol–water partition coefficient (Wildman–Crippen LogP) is 3.97. The number of nitrogens with one attached hydrogen (secondary N) is 2. The van der Waals surface area contributed by atoms with Crippen molar-refractivity contribution in [1.29, 1.82) is 0 Å². The van der Waals surface area contributed by atoms with Crippen LogP contribution in [0.2, 0.25) is 5.02 Å². The third-order valence-electron chi connectivity index (χ3n) is 5.26. The smallest absolute Gasteiger partial charge is 0.320 e. The molecule has 0 unspecified atom stereocenters. The number of hydrogen-bond acceptors (Lipinski definition) is 8. The molecule has 1 saturated carbocycles. The van der Waals surface area contributed by atoms with Crippen molar-refractivity contribution in [3.63, 3.8) is 0 Å². The van der Waals surface area contributed by atoms with Gasteiger partial charge in [0.15, 0.2) is 15.0 Å². The number of carbonyl (C=O) groups is 2. The lowest BCUT2D eigenvalue weighted by Gasteiger charge is -2.11. The zero-order chi connectivity index (χ0) is 24.0. The summed E-state index contributed by atoms with van der Waals surface area (Å²) >= 11 is 7.30. The van der Waals surface area contributed by atoms with Crippen LogP contribution >= 0.6 is 22.9 Å². The summed E-state index contributed by atoms with van der Waals surface area (Å²) in [6, 6.07) is 4.79. The first-order chi connectivity index (χ1) is 15.6. The van der Waals surface area contributed by atoms with Crippen LogP contribution in [0, 0.1) is 6.92 Å². The molecule has 0 aliphatic heterocycles. The van der Waals surface area contributed by atoms with E-state index in [1.165, 1.54) is 17.4 Å². The van der Waals surface area contributed by atoms with Crippen LogP contribution in [0.4, 0.5) is 5.13 Å². The van der Waals surface area contributed by atoms with Gasteiger partial charge in [0.25, 0.3) is 0 Å². The molecule has 0 saturated heterocycles.